The third kappa shape index (κ3) is 1.74. The molecule has 66 valence electrons. The van der Waals surface area contributed by atoms with E-state index >= 15 is 0 Å². The third-order valence-corrected chi connectivity index (χ3v) is 2.07. The molecule has 0 fully saturated rings. The topological polar surface area (TPSA) is 36.1 Å². The quantitative estimate of drug-likeness (QED) is 0.711. The molecule has 0 aromatic carbocycles. The average Bonchev–Trinajstić information content (AvgIpc) is 2.04. The second-order valence-corrected chi connectivity index (χ2v) is 3.09. The van der Waals surface area contributed by atoms with Gasteiger partial charge in [-0.25, -0.2) is 0 Å². The minimum atomic E-state index is -0.00120. The summed E-state index contributed by atoms with van der Waals surface area (Å²) in [5, 5.41) is 0. The van der Waals surface area contributed by atoms with Gasteiger partial charge in [-0.3, -0.25) is 4.79 Å². The van der Waals surface area contributed by atoms with E-state index in [0.717, 1.165) is 5.56 Å². The van der Waals surface area contributed by atoms with Gasteiger partial charge in [0.25, 0.3) is 5.56 Å². The Labute approximate surface area is 72.0 Å². The lowest BCUT2D eigenvalue weighted by Gasteiger charge is -2.18. The molecule has 0 aliphatic rings. The molecule has 0 bridgehead atoms. The van der Waals surface area contributed by atoms with Crippen molar-refractivity contribution < 1.29 is 0 Å². The van der Waals surface area contributed by atoms with Crippen LogP contribution in [0.5, 0.6) is 0 Å². The number of hydrogen-bond donors (Lipinski definition) is 1. The van der Waals surface area contributed by atoms with Crippen LogP contribution in [0.3, 0.4) is 0 Å². The molecule has 1 aromatic rings. The molecular weight excluding hydrogens is 152 g/mol. The maximum Gasteiger partial charge on any atom is 0.252 e. The summed E-state index contributed by atoms with van der Waals surface area (Å²) in [6, 6.07) is 3.86. The number of nitrogens with one attached hydrogen (secondary N) is 1. The van der Waals surface area contributed by atoms with Gasteiger partial charge in [-0.15, -0.1) is 0 Å². The van der Waals surface area contributed by atoms with Crippen LogP contribution < -0.4 is 5.56 Å². The van der Waals surface area contributed by atoms with Gasteiger partial charge in [0.05, 0.1) is 0 Å². The first kappa shape index (κ1) is 9.00. The van der Waals surface area contributed by atoms with Gasteiger partial charge in [0.15, 0.2) is 0 Å². The van der Waals surface area contributed by atoms with Crippen LogP contribution in [0.25, 0.3) is 0 Å². The smallest absolute Gasteiger partial charge is 0.252 e. The Morgan fingerprint density at radius 2 is 2.17 bits per heavy atom. The van der Waals surface area contributed by atoms with Crippen LogP contribution in [0.15, 0.2) is 23.1 Å². The average molecular weight is 166 g/mol. The van der Waals surface area contributed by atoms with E-state index in [9.17, 15) is 4.79 Å². The van der Waals surface area contributed by atoms with Gasteiger partial charge in [0, 0.05) is 17.8 Å². The fourth-order valence-corrected chi connectivity index (χ4v) is 1.04. The SMILES string of the molecule is CC(c1ccc[nH]c1=O)N(C)C. The summed E-state index contributed by atoms with van der Waals surface area (Å²) in [5.74, 6) is 0. The maximum atomic E-state index is 11.3. The Hall–Kier alpha value is -1.09. The number of aromatic nitrogens is 1. The summed E-state index contributed by atoms with van der Waals surface area (Å²) in [4.78, 5) is 15.9. The fraction of sp³-hybridized carbons (Fsp3) is 0.444. The Morgan fingerprint density at radius 1 is 1.50 bits per heavy atom. The van der Waals surface area contributed by atoms with Crippen LogP contribution in [0.1, 0.15) is 18.5 Å². The highest BCUT2D eigenvalue weighted by Gasteiger charge is 2.09. The molecule has 1 atom stereocenters. The number of nitrogens with zero attached hydrogens (tertiary/aromatic N) is 1. The molecule has 0 spiro atoms. The molecule has 0 aliphatic carbocycles. The second kappa shape index (κ2) is 3.54. The van der Waals surface area contributed by atoms with Crippen molar-refractivity contribution in [1.29, 1.82) is 0 Å². The van der Waals surface area contributed by atoms with E-state index in [1.165, 1.54) is 0 Å². The zero-order valence-corrected chi connectivity index (χ0v) is 7.66. The largest absolute Gasteiger partial charge is 0.329 e. The first-order chi connectivity index (χ1) is 5.63. The Balaban J connectivity index is 3.03. The van der Waals surface area contributed by atoms with Crippen molar-refractivity contribution in [2.24, 2.45) is 0 Å². The molecule has 3 nitrogen and oxygen atoms in total. The molecule has 1 rings (SSSR count). The van der Waals surface area contributed by atoms with Gasteiger partial charge in [0.1, 0.15) is 0 Å². The van der Waals surface area contributed by atoms with E-state index in [-0.39, 0.29) is 11.6 Å². The van der Waals surface area contributed by atoms with Crippen molar-refractivity contribution in [3.05, 3.63) is 34.2 Å². The molecule has 0 radical (unpaired) electrons. The number of hydrogen-bond acceptors (Lipinski definition) is 2. The molecule has 0 saturated heterocycles. The minimum absolute atomic E-state index is 0.00120. The van der Waals surface area contributed by atoms with Crippen LogP contribution in [-0.2, 0) is 0 Å². The highest BCUT2D eigenvalue weighted by molar-refractivity contribution is 5.12. The first-order valence-electron chi connectivity index (χ1n) is 3.97. The van der Waals surface area contributed by atoms with Gasteiger partial charge >= 0.3 is 0 Å². The van der Waals surface area contributed by atoms with E-state index < -0.39 is 0 Å². The Bertz CT molecular complexity index is 303. The number of pyridine rings is 1. The Kier molecular flexibility index (Phi) is 2.65. The Morgan fingerprint density at radius 3 is 2.67 bits per heavy atom. The van der Waals surface area contributed by atoms with Gasteiger partial charge < -0.3 is 9.88 Å². The van der Waals surface area contributed by atoms with Gasteiger partial charge in [-0.2, -0.15) is 0 Å². The second-order valence-electron chi connectivity index (χ2n) is 3.09. The number of rotatable bonds is 2. The predicted molar refractivity (Wildman–Crippen MR) is 49.2 cm³/mol. The van der Waals surface area contributed by atoms with Crippen LogP contribution >= 0.6 is 0 Å². The standard InChI is InChI=1S/C9H14N2O/c1-7(11(2)3)8-5-4-6-10-9(8)12/h4-7H,1-3H3,(H,10,12). The van der Waals surface area contributed by atoms with E-state index in [1.54, 1.807) is 6.20 Å². The monoisotopic (exact) mass is 166 g/mol. The summed E-state index contributed by atoms with van der Waals surface area (Å²) in [6.07, 6.45) is 1.65. The summed E-state index contributed by atoms with van der Waals surface area (Å²) in [6.45, 7) is 2.00. The van der Waals surface area contributed by atoms with E-state index in [1.807, 2.05) is 38.1 Å². The van der Waals surface area contributed by atoms with Gasteiger partial charge in [-0.1, -0.05) is 6.07 Å². The third-order valence-electron chi connectivity index (χ3n) is 2.07. The number of aromatic amines is 1. The van der Waals surface area contributed by atoms with Crippen LogP contribution in [0.4, 0.5) is 0 Å². The van der Waals surface area contributed by atoms with Crippen molar-refractivity contribution in [2.45, 2.75) is 13.0 Å². The van der Waals surface area contributed by atoms with Gasteiger partial charge in [-0.05, 0) is 27.1 Å². The summed E-state index contributed by atoms with van der Waals surface area (Å²) < 4.78 is 0. The molecule has 0 saturated carbocycles. The van der Waals surface area contributed by atoms with Crippen molar-refractivity contribution in [3.8, 4) is 0 Å². The molecule has 3 heteroatoms. The summed E-state index contributed by atoms with van der Waals surface area (Å²) in [7, 11) is 3.91. The zero-order valence-electron chi connectivity index (χ0n) is 7.66. The van der Waals surface area contributed by atoms with E-state index in [2.05, 4.69) is 4.98 Å². The molecular formula is C9H14N2O. The van der Waals surface area contributed by atoms with Crippen LogP contribution in [-0.4, -0.2) is 24.0 Å². The van der Waals surface area contributed by atoms with Crippen molar-refractivity contribution in [2.75, 3.05) is 14.1 Å². The lowest BCUT2D eigenvalue weighted by atomic mass is 10.1. The van der Waals surface area contributed by atoms with Crippen molar-refractivity contribution in [1.82, 2.24) is 9.88 Å². The molecule has 1 aromatic heterocycles. The fourth-order valence-electron chi connectivity index (χ4n) is 1.04. The zero-order chi connectivity index (χ0) is 9.14. The van der Waals surface area contributed by atoms with Gasteiger partial charge in [0.2, 0.25) is 0 Å². The van der Waals surface area contributed by atoms with E-state index in [4.69, 9.17) is 0 Å². The first-order valence-corrected chi connectivity index (χ1v) is 3.97. The lowest BCUT2D eigenvalue weighted by Crippen LogP contribution is -2.23. The molecule has 1 heterocycles. The van der Waals surface area contributed by atoms with Crippen LogP contribution in [0.2, 0.25) is 0 Å². The predicted octanol–water partition coefficient (Wildman–Crippen LogP) is 0.998. The number of H-pyrrole nitrogens is 1. The normalized spacial score (nSPS) is 13.3. The molecule has 0 amide bonds. The summed E-state index contributed by atoms with van der Waals surface area (Å²) in [5.41, 5.74) is 0.807. The lowest BCUT2D eigenvalue weighted by molar-refractivity contribution is 0.319. The minimum Gasteiger partial charge on any atom is -0.329 e. The maximum absolute atomic E-state index is 11.3. The molecule has 1 N–H and O–H groups in total. The van der Waals surface area contributed by atoms with Crippen molar-refractivity contribution in [3.63, 3.8) is 0 Å². The molecule has 12 heavy (non-hydrogen) atoms. The van der Waals surface area contributed by atoms with E-state index in [0.29, 0.717) is 0 Å². The summed E-state index contributed by atoms with van der Waals surface area (Å²) >= 11 is 0. The van der Waals surface area contributed by atoms with Crippen molar-refractivity contribution >= 4 is 0 Å². The molecule has 0 aliphatic heterocycles. The molecule has 1 unspecified atom stereocenters. The highest BCUT2D eigenvalue weighted by Crippen LogP contribution is 2.11. The highest BCUT2D eigenvalue weighted by atomic mass is 16.1. The van der Waals surface area contributed by atoms with Crippen LogP contribution in [0, 0.1) is 0 Å².